The molecule has 0 saturated carbocycles. The van der Waals surface area contributed by atoms with Crippen molar-refractivity contribution in [1.29, 1.82) is 0 Å². The highest BCUT2D eigenvalue weighted by atomic mass is 13.9. The summed E-state index contributed by atoms with van der Waals surface area (Å²) in [7, 11) is 0. The Morgan fingerprint density at radius 2 is 1.47 bits per heavy atom. The number of allylic oxidation sites excluding steroid dienone is 3. The maximum Gasteiger partial charge on any atom is -0.0240 e. The molecule has 0 aliphatic heterocycles. The number of rotatable bonds is 10. The van der Waals surface area contributed by atoms with E-state index in [1.54, 1.807) is 0 Å². The molecule has 0 aromatic heterocycles. The summed E-state index contributed by atoms with van der Waals surface area (Å²) < 4.78 is 0. The highest BCUT2D eigenvalue weighted by Gasteiger charge is 1.87. The average molecular weight is 234 g/mol. The first-order chi connectivity index (χ1) is 8.27. The normalized spacial score (nSPS) is 9.59. The Hall–Kier alpha value is -0.740. The summed E-state index contributed by atoms with van der Waals surface area (Å²) in [4.78, 5) is 0. The smallest absolute Gasteiger partial charge is 0.0240 e. The van der Waals surface area contributed by atoms with Crippen LogP contribution in [0.5, 0.6) is 0 Å². The highest BCUT2D eigenvalue weighted by molar-refractivity contribution is 4.95. The predicted molar refractivity (Wildman–Crippen MR) is 79.3 cm³/mol. The van der Waals surface area contributed by atoms with Crippen LogP contribution in [0.3, 0.4) is 0 Å². The van der Waals surface area contributed by atoms with Crippen molar-refractivity contribution in [3.05, 3.63) is 29.5 Å². The number of unbranched alkanes of at least 4 members (excludes halogenated alkanes) is 7. The van der Waals surface area contributed by atoms with E-state index in [1.807, 2.05) is 0 Å². The monoisotopic (exact) mass is 234 g/mol. The molecule has 0 nitrogen and oxygen atoms in total. The van der Waals surface area contributed by atoms with Gasteiger partial charge < -0.3 is 0 Å². The van der Waals surface area contributed by atoms with E-state index in [0.717, 1.165) is 12.8 Å². The molecule has 0 radical (unpaired) electrons. The second-order valence-corrected chi connectivity index (χ2v) is 4.99. The molecule has 0 atom stereocenters. The van der Waals surface area contributed by atoms with Crippen LogP contribution in [0.15, 0.2) is 29.5 Å². The van der Waals surface area contributed by atoms with Gasteiger partial charge in [0.25, 0.3) is 0 Å². The maximum absolute atomic E-state index is 3.28. The van der Waals surface area contributed by atoms with Crippen LogP contribution in [0.1, 0.15) is 78.6 Å². The van der Waals surface area contributed by atoms with Crippen molar-refractivity contribution in [2.24, 2.45) is 0 Å². The fraction of sp³-hybridized carbons (Fsp3) is 0.706. The Kier molecular flexibility index (Phi) is 12.7. The summed E-state index contributed by atoms with van der Waals surface area (Å²) in [6.07, 6.45) is 18.4. The van der Waals surface area contributed by atoms with Gasteiger partial charge in [-0.05, 0) is 51.7 Å². The third-order valence-corrected chi connectivity index (χ3v) is 2.80. The molecule has 0 spiro atoms. The first-order valence-electron chi connectivity index (χ1n) is 7.30. The van der Waals surface area contributed by atoms with E-state index in [2.05, 4.69) is 44.7 Å². The van der Waals surface area contributed by atoms with Gasteiger partial charge in [-0.15, -0.1) is 5.73 Å². The van der Waals surface area contributed by atoms with E-state index in [0.29, 0.717) is 0 Å². The summed E-state index contributed by atoms with van der Waals surface area (Å²) >= 11 is 0. The van der Waals surface area contributed by atoms with Gasteiger partial charge in [-0.2, -0.15) is 0 Å². The molecule has 0 bridgehead atoms. The van der Waals surface area contributed by atoms with Crippen LogP contribution >= 0.6 is 0 Å². The molecule has 0 aromatic carbocycles. The van der Waals surface area contributed by atoms with Crippen molar-refractivity contribution in [2.45, 2.75) is 78.6 Å². The van der Waals surface area contributed by atoms with Crippen LogP contribution in [-0.2, 0) is 0 Å². The molecular weight excluding hydrogens is 204 g/mol. The third-order valence-electron chi connectivity index (χ3n) is 2.80. The lowest BCUT2D eigenvalue weighted by Crippen LogP contribution is -1.77. The minimum absolute atomic E-state index is 1.12. The van der Waals surface area contributed by atoms with Gasteiger partial charge in [0.2, 0.25) is 0 Å². The first kappa shape index (κ1) is 16.3. The van der Waals surface area contributed by atoms with Crippen molar-refractivity contribution in [1.82, 2.24) is 0 Å². The minimum atomic E-state index is 1.12. The molecule has 0 saturated heterocycles. The summed E-state index contributed by atoms with van der Waals surface area (Å²) in [6.45, 7) is 6.57. The molecule has 17 heavy (non-hydrogen) atoms. The second-order valence-electron chi connectivity index (χ2n) is 4.99. The van der Waals surface area contributed by atoms with E-state index >= 15 is 0 Å². The SMILES string of the molecule is CCCCCCCCC=C=CCCC=C(C)C. The molecular formula is C17H30. The molecule has 0 aromatic rings. The Bertz CT molecular complexity index is 235. The zero-order valence-corrected chi connectivity index (χ0v) is 12.1. The van der Waals surface area contributed by atoms with Gasteiger partial charge in [-0.25, -0.2) is 0 Å². The van der Waals surface area contributed by atoms with Crippen molar-refractivity contribution in [3.63, 3.8) is 0 Å². The Morgan fingerprint density at radius 3 is 2.18 bits per heavy atom. The topological polar surface area (TPSA) is 0 Å². The Morgan fingerprint density at radius 1 is 0.824 bits per heavy atom. The van der Waals surface area contributed by atoms with Crippen molar-refractivity contribution >= 4 is 0 Å². The zero-order valence-electron chi connectivity index (χ0n) is 12.1. The Balaban J connectivity index is 3.29. The first-order valence-corrected chi connectivity index (χ1v) is 7.30. The lowest BCUT2D eigenvalue weighted by Gasteiger charge is -1.96. The van der Waals surface area contributed by atoms with Crippen molar-refractivity contribution < 1.29 is 0 Å². The average Bonchev–Trinajstić information content (AvgIpc) is 2.30. The largest absolute Gasteiger partial charge is 0.130 e. The van der Waals surface area contributed by atoms with E-state index in [-0.39, 0.29) is 0 Å². The Labute approximate surface area is 109 Å². The summed E-state index contributed by atoms with van der Waals surface area (Å²) in [5, 5.41) is 0. The quantitative estimate of drug-likeness (QED) is 0.240. The van der Waals surface area contributed by atoms with Crippen LogP contribution in [0.25, 0.3) is 0 Å². The molecule has 0 aliphatic rings. The molecule has 0 heterocycles. The molecule has 0 aliphatic carbocycles. The van der Waals surface area contributed by atoms with E-state index < -0.39 is 0 Å². The van der Waals surface area contributed by atoms with Crippen molar-refractivity contribution in [3.8, 4) is 0 Å². The summed E-state index contributed by atoms with van der Waals surface area (Å²) in [6, 6.07) is 0. The summed E-state index contributed by atoms with van der Waals surface area (Å²) in [5.74, 6) is 0. The fourth-order valence-electron chi connectivity index (χ4n) is 1.73. The molecule has 0 N–H and O–H groups in total. The lowest BCUT2D eigenvalue weighted by molar-refractivity contribution is 0.611. The molecule has 0 heteroatoms. The van der Waals surface area contributed by atoms with Gasteiger partial charge in [0.05, 0.1) is 0 Å². The van der Waals surface area contributed by atoms with Gasteiger partial charge in [-0.1, -0.05) is 50.7 Å². The standard InChI is InChI=1S/C17H30/c1-4-5-6-7-8-9-10-11-12-13-14-15-16-17(2)3/h11,13,16H,4-10,14-15H2,1-3H3. The van der Waals surface area contributed by atoms with E-state index in [4.69, 9.17) is 0 Å². The molecule has 0 rings (SSSR count). The van der Waals surface area contributed by atoms with Gasteiger partial charge in [0.1, 0.15) is 0 Å². The van der Waals surface area contributed by atoms with Gasteiger partial charge in [0.15, 0.2) is 0 Å². The number of hydrogen-bond donors (Lipinski definition) is 0. The van der Waals surface area contributed by atoms with Crippen LogP contribution in [0.4, 0.5) is 0 Å². The van der Waals surface area contributed by atoms with Gasteiger partial charge >= 0.3 is 0 Å². The van der Waals surface area contributed by atoms with Crippen LogP contribution in [0.2, 0.25) is 0 Å². The molecule has 0 fully saturated rings. The van der Waals surface area contributed by atoms with E-state index in [1.165, 1.54) is 50.5 Å². The van der Waals surface area contributed by atoms with Crippen molar-refractivity contribution in [2.75, 3.05) is 0 Å². The molecule has 98 valence electrons. The third kappa shape index (κ3) is 15.3. The van der Waals surface area contributed by atoms with Crippen LogP contribution in [-0.4, -0.2) is 0 Å². The van der Waals surface area contributed by atoms with Gasteiger partial charge in [-0.3, -0.25) is 0 Å². The molecule has 0 amide bonds. The summed E-state index contributed by atoms with van der Waals surface area (Å²) in [5.41, 5.74) is 4.69. The second kappa shape index (κ2) is 13.3. The zero-order chi connectivity index (χ0) is 12.8. The number of hydrogen-bond acceptors (Lipinski definition) is 0. The van der Waals surface area contributed by atoms with Crippen LogP contribution in [0, 0.1) is 0 Å². The lowest BCUT2D eigenvalue weighted by atomic mass is 10.1. The predicted octanol–water partition coefficient (Wildman–Crippen LogP) is 6.19. The molecule has 0 unspecified atom stereocenters. The van der Waals surface area contributed by atoms with Crippen LogP contribution < -0.4 is 0 Å². The van der Waals surface area contributed by atoms with Gasteiger partial charge in [0, 0.05) is 0 Å². The van der Waals surface area contributed by atoms with E-state index in [9.17, 15) is 0 Å². The minimum Gasteiger partial charge on any atom is -0.130 e. The highest BCUT2D eigenvalue weighted by Crippen LogP contribution is 2.06. The fourth-order valence-corrected chi connectivity index (χ4v) is 1.73. The maximum atomic E-state index is 3.28.